The van der Waals surface area contributed by atoms with Gasteiger partial charge in [0, 0.05) is 4.88 Å². The van der Waals surface area contributed by atoms with Crippen LogP contribution in [0.3, 0.4) is 0 Å². The van der Waals surface area contributed by atoms with Gasteiger partial charge in [-0.05, 0) is 26.0 Å². The highest BCUT2D eigenvalue weighted by molar-refractivity contribution is 7.16. The van der Waals surface area contributed by atoms with E-state index in [1.807, 2.05) is 26.0 Å². The van der Waals surface area contributed by atoms with Crippen molar-refractivity contribution in [2.75, 3.05) is 5.32 Å². The predicted molar refractivity (Wildman–Crippen MR) is 68.2 cm³/mol. The molecule has 3 nitrogen and oxygen atoms in total. The molecule has 84 valence electrons. The molecule has 0 fully saturated rings. The standard InChI is InChI=1S/C11H12ClN3S/c1-7-8(2)15-11(6-13-7)14-5-9-3-4-10(12)16-9/h3-4,6H,5H2,1-2H3,(H,14,15). The smallest absolute Gasteiger partial charge is 0.145 e. The molecule has 0 bridgehead atoms. The molecule has 0 amide bonds. The molecule has 0 aromatic carbocycles. The number of nitrogens with zero attached hydrogens (tertiary/aromatic N) is 2. The molecule has 2 aromatic rings. The molecule has 0 saturated heterocycles. The van der Waals surface area contributed by atoms with Crippen LogP contribution in [-0.4, -0.2) is 9.97 Å². The van der Waals surface area contributed by atoms with E-state index in [1.54, 1.807) is 17.5 Å². The number of hydrogen-bond donors (Lipinski definition) is 1. The first-order chi connectivity index (χ1) is 7.65. The van der Waals surface area contributed by atoms with Crippen molar-refractivity contribution in [2.45, 2.75) is 20.4 Å². The summed E-state index contributed by atoms with van der Waals surface area (Å²) in [5.74, 6) is 0.799. The second-order valence-electron chi connectivity index (χ2n) is 3.49. The van der Waals surface area contributed by atoms with Gasteiger partial charge in [-0.3, -0.25) is 4.98 Å². The Morgan fingerprint density at radius 1 is 1.31 bits per heavy atom. The Bertz CT molecular complexity index is 496. The second-order valence-corrected chi connectivity index (χ2v) is 5.29. The molecule has 16 heavy (non-hydrogen) atoms. The zero-order valence-electron chi connectivity index (χ0n) is 9.12. The molecule has 2 rings (SSSR count). The third kappa shape index (κ3) is 2.71. The van der Waals surface area contributed by atoms with Crippen LogP contribution >= 0.6 is 22.9 Å². The maximum absolute atomic E-state index is 5.85. The van der Waals surface area contributed by atoms with Crippen LogP contribution in [0.5, 0.6) is 0 Å². The summed E-state index contributed by atoms with van der Waals surface area (Å²) in [4.78, 5) is 9.83. The van der Waals surface area contributed by atoms with Gasteiger partial charge >= 0.3 is 0 Å². The zero-order valence-corrected chi connectivity index (χ0v) is 10.7. The molecule has 0 radical (unpaired) electrons. The lowest BCUT2D eigenvalue weighted by Crippen LogP contribution is -2.02. The van der Waals surface area contributed by atoms with Crippen molar-refractivity contribution < 1.29 is 0 Å². The summed E-state index contributed by atoms with van der Waals surface area (Å²) >= 11 is 7.42. The Balaban J connectivity index is 2.02. The van der Waals surface area contributed by atoms with E-state index in [9.17, 15) is 0 Å². The molecule has 0 spiro atoms. The first kappa shape index (κ1) is 11.4. The molecule has 2 heterocycles. The number of hydrogen-bond acceptors (Lipinski definition) is 4. The van der Waals surface area contributed by atoms with Gasteiger partial charge in [0.15, 0.2) is 0 Å². The minimum absolute atomic E-state index is 0.731. The Morgan fingerprint density at radius 3 is 2.75 bits per heavy atom. The van der Waals surface area contributed by atoms with Gasteiger partial charge in [0.05, 0.1) is 28.5 Å². The summed E-state index contributed by atoms with van der Waals surface area (Å²) in [7, 11) is 0. The van der Waals surface area contributed by atoms with E-state index >= 15 is 0 Å². The molecular weight excluding hydrogens is 242 g/mol. The van der Waals surface area contributed by atoms with Gasteiger partial charge in [-0.1, -0.05) is 11.6 Å². The van der Waals surface area contributed by atoms with Gasteiger partial charge in [-0.25, -0.2) is 4.98 Å². The van der Waals surface area contributed by atoms with E-state index in [4.69, 9.17) is 11.6 Å². The van der Waals surface area contributed by atoms with Gasteiger partial charge in [0.1, 0.15) is 5.82 Å². The third-order valence-electron chi connectivity index (χ3n) is 2.26. The summed E-state index contributed by atoms with van der Waals surface area (Å²) in [6.07, 6.45) is 1.75. The van der Waals surface area contributed by atoms with Gasteiger partial charge in [0.25, 0.3) is 0 Å². The Kier molecular flexibility index (Phi) is 3.41. The zero-order chi connectivity index (χ0) is 11.5. The van der Waals surface area contributed by atoms with Crippen LogP contribution in [0.25, 0.3) is 0 Å². The largest absolute Gasteiger partial charge is 0.364 e. The number of rotatable bonds is 3. The first-order valence-corrected chi connectivity index (χ1v) is 6.13. The summed E-state index contributed by atoms with van der Waals surface area (Å²) in [5, 5.41) is 3.22. The van der Waals surface area contributed by atoms with Crippen LogP contribution in [0.2, 0.25) is 4.34 Å². The summed E-state index contributed by atoms with van der Waals surface area (Å²) in [6, 6.07) is 3.91. The molecule has 0 aliphatic carbocycles. The van der Waals surface area contributed by atoms with E-state index < -0.39 is 0 Å². The minimum atomic E-state index is 0.731. The summed E-state index contributed by atoms with van der Waals surface area (Å²) < 4.78 is 0.808. The molecular formula is C11H12ClN3S. The summed E-state index contributed by atoms with van der Waals surface area (Å²) in [6.45, 7) is 4.63. The lowest BCUT2D eigenvalue weighted by atomic mass is 10.3. The SMILES string of the molecule is Cc1ncc(NCc2ccc(Cl)s2)nc1C. The molecule has 0 aliphatic rings. The van der Waals surface area contributed by atoms with E-state index in [0.29, 0.717) is 0 Å². The Labute approximate surface area is 104 Å². The van der Waals surface area contributed by atoms with Crippen LogP contribution < -0.4 is 5.32 Å². The average Bonchev–Trinajstić information content (AvgIpc) is 2.66. The van der Waals surface area contributed by atoms with Gasteiger partial charge < -0.3 is 5.32 Å². The number of thiophene rings is 1. The molecule has 0 atom stereocenters. The number of aromatic nitrogens is 2. The number of anilines is 1. The molecule has 5 heteroatoms. The lowest BCUT2D eigenvalue weighted by Gasteiger charge is -2.05. The normalized spacial score (nSPS) is 10.4. The fraction of sp³-hybridized carbons (Fsp3) is 0.273. The highest BCUT2D eigenvalue weighted by Gasteiger charge is 2.01. The van der Waals surface area contributed by atoms with Crippen LogP contribution in [-0.2, 0) is 6.54 Å². The van der Waals surface area contributed by atoms with E-state index in [-0.39, 0.29) is 0 Å². The lowest BCUT2D eigenvalue weighted by molar-refractivity contribution is 1.02. The third-order valence-corrected chi connectivity index (χ3v) is 3.50. The van der Waals surface area contributed by atoms with Crippen molar-refractivity contribution in [1.29, 1.82) is 0 Å². The maximum Gasteiger partial charge on any atom is 0.145 e. The quantitative estimate of drug-likeness (QED) is 0.911. The molecule has 1 N–H and O–H groups in total. The second kappa shape index (κ2) is 4.80. The Morgan fingerprint density at radius 2 is 2.12 bits per heavy atom. The summed E-state index contributed by atoms with van der Waals surface area (Å²) in [5.41, 5.74) is 1.92. The predicted octanol–water partition coefficient (Wildman–Crippen LogP) is 3.42. The van der Waals surface area contributed by atoms with Crippen LogP contribution in [0, 0.1) is 13.8 Å². The topological polar surface area (TPSA) is 37.8 Å². The highest BCUT2D eigenvalue weighted by Crippen LogP contribution is 2.22. The monoisotopic (exact) mass is 253 g/mol. The number of nitrogens with one attached hydrogen (secondary N) is 1. The molecule has 0 aliphatic heterocycles. The van der Waals surface area contributed by atoms with Gasteiger partial charge in [0.2, 0.25) is 0 Å². The van der Waals surface area contributed by atoms with Crippen LogP contribution in [0.15, 0.2) is 18.3 Å². The van der Waals surface area contributed by atoms with Crippen molar-refractivity contribution in [3.63, 3.8) is 0 Å². The fourth-order valence-corrected chi connectivity index (χ4v) is 2.28. The van der Waals surface area contributed by atoms with Gasteiger partial charge in [-0.2, -0.15) is 0 Å². The number of halogens is 1. The van der Waals surface area contributed by atoms with Crippen molar-refractivity contribution >= 4 is 28.8 Å². The number of aryl methyl sites for hydroxylation is 2. The van der Waals surface area contributed by atoms with E-state index in [2.05, 4.69) is 15.3 Å². The fourth-order valence-electron chi connectivity index (χ4n) is 1.25. The van der Waals surface area contributed by atoms with Crippen molar-refractivity contribution in [2.24, 2.45) is 0 Å². The highest BCUT2D eigenvalue weighted by atomic mass is 35.5. The molecule has 0 unspecified atom stereocenters. The van der Waals surface area contributed by atoms with Crippen molar-refractivity contribution in [3.8, 4) is 0 Å². The van der Waals surface area contributed by atoms with Crippen molar-refractivity contribution in [1.82, 2.24) is 9.97 Å². The molecule has 0 saturated carbocycles. The molecule has 2 aromatic heterocycles. The van der Waals surface area contributed by atoms with Crippen LogP contribution in [0.1, 0.15) is 16.3 Å². The maximum atomic E-state index is 5.85. The minimum Gasteiger partial charge on any atom is -0.364 e. The Hall–Kier alpha value is -1.13. The average molecular weight is 254 g/mol. The van der Waals surface area contributed by atoms with Gasteiger partial charge in [-0.15, -0.1) is 11.3 Å². The first-order valence-electron chi connectivity index (χ1n) is 4.93. The van der Waals surface area contributed by atoms with E-state index in [0.717, 1.165) is 28.1 Å². The van der Waals surface area contributed by atoms with E-state index in [1.165, 1.54) is 4.88 Å². The van der Waals surface area contributed by atoms with Crippen molar-refractivity contribution in [3.05, 3.63) is 38.9 Å². The van der Waals surface area contributed by atoms with Crippen LogP contribution in [0.4, 0.5) is 5.82 Å².